The van der Waals surface area contributed by atoms with Gasteiger partial charge in [0.2, 0.25) is 5.95 Å². The van der Waals surface area contributed by atoms with E-state index in [4.69, 9.17) is 0 Å². The molecule has 1 heterocycles. The van der Waals surface area contributed by atoms with Crippen LogP contribution in [0.2, 0.25) is 0 Å². The van der Waals surface area contributed by atoms with Crippen LogP contribution in [0.15, 0.2) is 12.4 Å². The summed E-state index contributed by atoms with van der Waals surface area (Å²) in [6, 6.07) is 0. The average molecular weight is 264 g/mol. The second-order valence-corrected chi connectivity index (χ2v) is 5.03. The summed E-state index contributed by atoms with van der Waals surface area (Å²) >= 11 is 0. The number of carbonyl (C=O) groups is 1. The molecule has 0 saturated carbocycles. The van der Waals surface area contributed by atoms with Crippen LogP contribution in [0.1, 0.15) is 50.4 Å². The quantitative estimate of drug-likeness (QED) is 0.708. The number of anilines is 1. The smallest absolute Gasteiger partial charge is 0.254 e. The van der Waals surface area contributed by atoms with E-state index in [0.717, 1.165) is 25.8 Å². The Bertz CT molecular complexity index is 376. The molecule has 1 aromatic heterocycles. The highest BCUT2D eigenvalue weighted by molar-refractivity contribution is 5.93. The Morgan fingerprint density at radius 1 is 1.26 bits per heavy atom. The average Bonchev–Trinajstić information content (AvgIpc) is 2.41. The number of rotatable bonds is 8. The normalized spacial score (nSPS) is 10.5. The molecule has 0 atom stereocenters. The number of nitrogens with zero attached hydrogens (tertiary/aromatic N) is 2. The maximum absolute atomic E-state index is 11.8. The first-order valence-corrected chi connectivity index (χ1v) is 6.97. The molecular formula is C14H24N4O. The first-order valence-electron chi connectivity index (χ1n) is 6.97. The van der Waals surface area contributed by atoms with Crippen LogP contribution in [0.4, 0.5) is 5.95 Å². The van der Waals surface area contributed by atoms with Crippen LogP contribution >= 0.6 is 0 Å². The van der Waals surface area contributed by atoms with Crippen LogP contribution in [0.25, 0.3) is 0 Å². The highest BCUT2D eigenvalue weighted by Gasteiger charge is 2.06. The Morgan fingerprint density at radius 2 is 1.95 bits per heavy atom. The first-order chi connectivity index (χ1) is 9.13. The van der Waals surface area contributed by atoms with Gasteiger partial charge in [-0.25, -0.2) is 9.97 Å². The van der Waals surface area contributed by atoms with Gasteiger partial charge in [0.1, 0.15) is 0 Å². The summed E-state index contributed by atoms with van der Waals surface area (Å²) in [6.07, 6.45) is 6.41. The van der Waals surface area contributed by atoms with Crippen molar-refractivity contribution >= 4 is 11.9 Å². The fourth-order valence-corrected chi connectivity index (χ4v) is 1.51. The van der Waals surface area contributed by atoms with Crippen LogP contribution < -0.4 is 10.6 Å². The number of hydrogen-bond donors (Lipinski definition) is 2. The molecule has 19 heavy (non-hydrogen) atoms. The zero-order chi connectivity index (χ0) is 14.1. The number of hydrogen-bond acceptors (Lipinski definition) is 4. The van der Waals surface area contributed by atoms with Crippen molar-refractivity contribution in [2.24, 2.45) is 5.92 Å². The highest BCUT2D eigenvalue weighted by atomic mass is 16.1. The van der Waals surface area contributed by atoms with Gasteiger partial charge in [0.25, 0.3) is 5.91 Å². The summed E-state index contributed by atoms with van der Waals surface area (Å²) in [5.74, 6) is 0.993. The number of unbranched alkanes of at least 4 members (excludes halogenated alkanes) is 2. The molecule has 2 N–H and O–H groups in total. The summed E-state index contributed by atoms with van der Waals surface area (Å²) < 4.78 is 0. The Balaban J connectivity index is 2.40. The summed E-state index contributed by atoms with van der Waals surface area (Å²) in [5.41, 5.74) is 0.506. The van der Waals surface area contributed by atoms with Gasteiger partial charge in [0, 0.05) is 25.5 Å². The Labute approximate surface area is 115 Å². The molecule has 0 aliphatic heterocycles. The largest absolute Gasteiger partial charge is 0.354 e. The topological polar surface area (TPSA) is 66.9 Å². The van der Waals surface area contributed by atoms with Crippen molar-refractivity contribution in [3.05, 3.63) is 18.0 Å². The molecule has 0 bridgehead atoms. The number of aromatic nitrogens is 2. The van der Waals surface area contributed by atoms with Gasteiger partial charge in [0.15, 0.2) is 0 Å². The molecule has 5 heteroatoms. The zero-order valence-corrected chi connectivity index (χ0v) is 12.1. The Morgan fingerprint density at radius 3 is 2.53 bits per heavy atom. The van der Waals surface area contributed by atoms with E-state index in [1.807, 2.05) is 0 Å². The molecule has 0 saturated heterocycles. The predicted molar refractivity (Wildman–Crippen MR) is 77.2 cm³/mol. The van der Waals surface area contributed by atoms with Gasteiger partial charge in [-0.2, -0.15) is 0 Å². The van der Waals surface area contributed by atoms with E-state index in [1.165, 1.54) is 0 Å². The van der Waals surface area contributed by atoms with Crippen LogP contribution in [0.5, 0.6) is 0 Å². The van der Waals surface area contributed by atoms with Crippen molar-refractivity contribution in [2.75, 3.05) is 18.4 Å². The van der Waals surface area contributed by atoms with Crippen LogP contribution in [0, 0.1) is 5.92 Å². The third-order valence-electron chi connectivity index (χ3n) is 2.65. The molecule has 0 fully saturated rings. The number of nitrogens with one attached hydrogen (secondary N) is 2. The van der Waals surface area contributed by atoms with Crippen molar-refractivity contribution in [3.8, 4) is 0 Å². The molecule has 0 radical (unpaired) electrons. The summed E-state index contributed by atoms with van der Waals surface area (Å²) in [5, 5.41) is 5.98. The van der Waals surface area contributed by atoms with E-state index < -0.39 is 0 Å². The van der Waals surface area contributed by atoms with Gasteiger partial charge in [-0.3, -0.25) is 4.79 Å². The van der Waals surface area contributed by atoms with E-state index in [2.05, 4.69) is 41.4 Å². The van der Waals surface area contributed by atoms with Gasteiger partial charge < -0.3 is 10.6 Å². The molecule has 106 valence electrons. The Kier molecular flexibility index (Phi) is 6.85. The molecular weight excluding hydrogens is 240 g/mol. The monoisotopic (exact) mass is 264 g/mol. The van der Waals surface area contributed by atoms with Crippen LogP contribution in [-0.4, -0.2) is 29.0 Å². The van der Waals surface area contributed by atoms with E-state index in [9.17, 15) is 4.79 Å². The molecule has 0 spiro atoms. The van der Waals surface area contributed by atoms with Crippen LogP contribution in [-0.2, 0) is 0 Å². The number of carbonyl (C=O) groups excluding carboxylic acids is 1. The van der Waals surface area contributed by atoms with E-state index in [1.54, 1.807) is 12.4 Å². The molecule has 0 unspecified atom stereocenters. The van der Waals surface area contributed by atoms with Crippen molar-refractivity contribution in [3.63, 3.8) is 0 Å². The van der Waals surface area contributed by atoms with Gasteiger partial charge in [-0.1, -0.05) is 33.6 Å². The lowest BCUT2D eigenvalue weighted by Gasteiger charge is -2.08. The lowest BCUT2D eigenvalue weighted by atomic mass is 10.2. The fraction of sp³-hybridized carbons (Fsp3) is 0.643. The van der Waals surface area contributed by atoms with Gasteiger partial charge in [-0.05, 0) is 12.3 Å². The van der Waals surface area contributed by atoms with Crippen molar-refractivity contribution in [2.45, 2.75) is 40.0 Å². The van der Waals surface area contributed by atoms with E-state index in [-0.39, 0.29) is 5.91 Å². The minimum absolute atomic E-state index is 0.105. The van der Waals surface area contributed by atoms with Crippen molar-refractivity contribution in [1.82, 2.24) is 15.3 Å². The molecule has 1 aromatic rings. The van der Waals surface area contributed by atoms with E-state index >= 15 is 0 Å². The summed E-state index contributed by atoms with van der Waals surface area (Å²) in [6.45, 7) is 7.90. The number of amides is 1. The molecule has 0 aromatic carbocycles. The molecule has 0 aliphatic carbocycles. The minimum atomic E-state index is -0.105. The summed E-state index contributed by atoms with van der Waals surface area (Å²) in [4.78, 5) is 20.0. The molecule has 1 rings (SSSR count). The van der Waals surface area contributed by atoms with E-state index in [0.29, 0.717) is 24.0 Å². The third-order valence-corrected chi connectivity index (χ3v) is 2.65. The lowest BCUT2D eigenvalue weighted by molar-refractivity contribution is 0.0952. The maximum atomic E-state index is 11.8. The third kappa shape index (κ3) is 6.18. The maximum Gasteiger partial charge on any atom is 0.254 e. The fourth-order valence-electron chi connectivity index (χ4n) is 1.51. The second-order valence-electron chi connectivity index (χ2n) is 5.03. The second kappa shape index (κ2) is 8.45. The molecule has 1 amide bonds. The van der Waals surface area contributed by atoms with Crippen molar-refractivity contribution < 1.29 is 4.79 Å². The SMILES string of the molecule is CCCCCNC(=O)c1cnc(NCC(C)C)nc1. The van der Waals surface area contributed by atoms with Gasteiger partial charge >= 0.3 is 0 Å². The standard InChI is InChI=1S/C14H24N4O/c1-4-5-6-7-15-13(19)12-9-17-14(18-10-12)16-8-11(2)3/h9-11H,4-8H2,1-3H3,(H,15,19)(H,16,17,18). The van der Waals surface area contributed by atoms with Gasteiger partial charge in [0.05, 0.1) is 5.56 Å². The minimum Gasteiger partial charge on any atom is -0.354 e. The van der Waals surface area contributed by atoms with Crippen molar-refractivity contribution in [1.29, 1.82) is 0 Å². The highest BCUT2D eigenvalue weighted by Crippen LogP contribution is 2.02. The molecule has 0 aliphatic rings. The van der Waals surface area contributed by atoms with Gasteiger partial charge in [-0.15, -0.1) is 0 Å². The predicted octanol–water partition coefficient (Wildman–Crippen LogP) is 2.46. The lowest BCUT2D eigenvalue weighted by Crippen LogP contribution is -2.24. The Hall–Kier alpha value is -1.65. The summed E-state index contributed by atoms with van der Waals surface area (Å²) in [7, 11) is 0. The molecule has 5 nitrogen and oxygen atoms in total. The first kappa shape index (κ1) is 15.4. The zero-order valence-electron chi connectivity index (χ0n) is 12.1. The van der Waals surface area contributed by atoms with Crippen LogP contribution in [0.3, 0.4) is 0 Å².